The third-order valence-corrected chi connectivity index (χ3v) is 10.6. The number of anilines is 2. The van der Waals surface area contributed by atoms with Crippen LogP contribution in [0.1, 0.15) is 33.6 Å². The zero-order valence-electron chi connectivity index (χ0n) is 34.4. The summed E-state index contributed by atoms with van der Waals surface area (Å²) in [5.74, 6) is -0.512. The minimum absolute atomic E-state index is 0.0177. The van der Waals surface area contributed by atoms with Gasteiger partial charge in [-0.3, -0.25) is 4.79 Å². The number of carbonyl (C=O) groups excluding carboxylic acids is 2. The van der Waals surface area contributed by atoms with Crippen LogP contribution >= 0.6 is 92.8 Å². The number of para-hydroxylation sites is 2. The van der Waals surface area contributed by atoms with E-state index < -0.39 is 24.1 Å². The first-order chi connectivity index (χ1) is 30.2. The van der Waals surface area contributed by atoms with E-state index in [1.54, 1.807) is 86.3 Å². The van der Waals surface area contributed by atoms with Crippen LogP contribution in [0.5, 0.6) is 23.0 Å². The molecule has 0 saturated heterocycles. The van der Waals surface area contributed by atoms with Crippen LogP contribution in [0, 0.1) is 0 Å². The minimum atomic E-state index is -1.06. The highest BCUT2D eigenvalue weighted by molar-refractivity contribution is 6.35. The van der Waals surface area contributed by atoms with Gasteiger partial charge in [0.25, 0.3) is 5.91 Å². The van der Waals surface area contributed by atoms with Crippen molar-refractivity contribution < 1.29 is 43.5 Å². The van der Waals surface area contributed by atoms with Gasteiger partial charge in [-0.15, -0.1) is 0 Å². The number of amides is 1. The predicted molar refractivity (Wildman–Crippen MR) is 257 cm³/mol. The molecule has 2 N–H and O–H groups in total. The maximum absolute atomic E-state index is 12.7. The molecule has 0 aromatic heterocycles. The molecule has 0 bridgehead atoms. The van der Waals surface area contributed by atoms with Crippen LogP contribution in [0.2, 0.25) is 40.2 Å². The van der Waals surface area contributed by atoms with Crippen molar-refractivity contribution in [2.24, 2.45) is 0 Å². The van der Waals surface area contributed by atoms with E-state index >= 15 is 0 Å². The van der Waals surface area contributed by atoms with Gasteiger partial charge >= 0.3 is 11.9 Å². The van der Waals surface area contributed by atoms with Crippen LogP contribution in [-0.2, 0) is 19.1 Å². The average molecular weight is 1040 g/mol. The van der Waals surface area contributed by atoms with Gasteiger partial charge in [-0.05, 0) is 94.3 Å². The van der Waals surface area contributed by atoms with Crippen molar-refractivity contribution in [1.82, 2.24) is 0 Å². The standard InChI is InChI=1S/C19H18Cl2N2O2.C12H14Cl2O3.C8H6Cl2O3.C6H4Cl2O/c20-13-5-8-15(21)18(11-13)25-12-19(24)23-10-9-22(14-6-7-14)16-3-1-2-4-17(16)23;1-12(2,3)17-11(15)7-16-10-6-8(13)4-5-9(10)14;9-5-1-2-6(10)7(3-5)13-4-8(11)12;7-4-1-2-5(8)6(9)3-4/h1-5,8,11,14H,6-7,9-10,12H2;4-6H,7H2,1-3H3;1-3H,4H2,(H,11,12);1-3,9H. The molecule has 11 nitrogen and oxygen atoms in total. The van der Waals surface area contributed by atoms with Gasteiger partial charge in [0, 0.05) is 63.5 Å². The summed E-state index contributed by atoms with van der Waals surface area (Å²) in [6.07, 6.45) is 2.47. The Balaban J connectivity index is 0.000000201. The Morgan fingerprint density at radius 3 is 1.47 bits per heavy atom. The fourth-order valence-electron chi connectivity index (χ4n) is 5.52. The third kappa shape index (κ3) is 17.7. The van der Waals surface area contributed by atoms with Crippen molar-refractivity contribution in [1.29, 1.82) is 0 Å². The minimum Gasteiger partial charge on any atom is -0.506 e. The molecule has 0 radical (unpaired) electrons. The first kappa shape index (κ1) is 52.5. The molecule has 1 saturated carbocycles. The Kier molecular flexibility index (Phi) is 20.4. The van der Waals surface area contributed by atoms with E-state index in [9.17, 15) is 14.4 Å². The van der Waals surface area contributed by atoms with Gasteiger partial charge in [0.05, 0.1) is 31.5 Å². The first-order valence-corrected chi connectivity index (χ1v) is 22.2. The molecule has 1 amide bonds. The molecule has 1 aliphatic heterocycles. The first-order valence-electron chi connectivity index (χ1n) is 19.2. The molecular formula is C45H42Cl8N2O9. The number of aliphatic carboxylic acids is 1. The van der Waals surface area contributed by atoms with Crippen LogP contribution < -0.4 is 24.0 Å². The molecule has 64 heavy (non-hydrogen) atoms. The number of carbonyl (C=O) groups is 3. The Labute approximate surface area is 411 Å². The quantitative estimate of drug-likeness (QED) is 0.130. The maximum Gasteiger partial charge on any atom is 0.344 e. The molecule has 7 rings (SSSR count). The Morgan fingerprint density at radius 1 is 0.594 bits per heavy atom. The summed E-state index contributed by atoms with van der Waals surface area (Å²) < 4.78 is 20.8. The number of rotatable bonds is 10. The number of carboxylic acid groups (broad SMARTS) is 1. The second kappa shape index (κ2) is 24.9. The number of benzene rings is 5. The molecule has 5 aromatic carbocycles. The monoisotopic (exact) mass is 1030 g/mol. The number of halogens is 8. The number of hydrogen-bond acceptors (Lipinski definition) is 9. The fraction of sp³-hybridized carbons (Fsp3) is 0.267. The Morgan fingerprint density at radius 2 is 1.03 bits per heavy atom. The van der Waals surface area contributed by atoms with Crippen molar-refractivity contribution >= 4 is 122 Å². The van der Waals surface area contributed by atoms with E-state index in [0.717, 1.165) is 17.9 Å². The van der Waals surface area contributed by atoms with Gasteiger partial charge in [-0.1, -0.05) is 105 Å². The van der Waals surface area contributed by atoms with E-state index in [4.69, 9.17) is 122 Å². The van der Waals surface area contributed by atoms with E-state index in [2.05, 4.69) is 11.0 Å². The number of esters is 1. The molecule has 0 atom stereocenters. The van der Waals surface area contributed by atoms with Gasteiger partial charge in [0.1, 0.15) is 28.6 Å². The molecule has 1 aliphatic carbocycles. The van der Waals surface area contributed by atoms with Gasteiger partial charge in [0.2, 0.25) is 0 Å². The summed E-state index contributed by atoms with van der Waals surface area (Å²) in [4.78, 5) is 38.5. The smallest absolute Gasteiger partial charge is 0.344 e. The molecule has 0 unspecified atom stereocenters. The maximum atomic E-state index is 12.7. The summed E-state index contributed by atoms with van der Waals surface area (Å²) in [5, 5.41) is 20.7. The van der Waals surface area contributed by atoms with Crippen molar-refractivity contribution in [2.75, 3.05) is 42.7 Å². The van der Waals surface area contributed by atoms with Gasteiger partial charge < -0.3 is 39.0 Å². The highest BCUT2D eigenvalue weighted by Gasteiger charge is 2.35. The molecule has 2 aliphatic rings. The van der Waals surface area contributed by atoms with E-state index in [1.807, 2.05) is 18.2 Å². The lowest BCUT2D eigenvalue weighted by atomic mass is 10.1. The lowest BCUT2D eigenvalue weighted by molar-refractivity contribution is -0.157. The largest absolute Gasteiger partial charge is 0.506 e. The lowest BCUT2D eigenvalue weighted by Gasteiger charge is -2.38. The summed E-state index contributed by atoms with van der Waals surface area (Å²) in [5.41, 5.74) is 1.55. The Bertz CT molecular complexity index is 2400. The normalized spacial score (nSPS) is 12.7. The number of phenols is 1. The Hall–Kier alpha value is -4.17. The molecule has 0 spiro atoms. The van der Waals surface area contributed by atoms with Crippen molar-refractivity contribution in [3.05, 3.63) is 137 Å². The average Bonchev–Trinajstić information content (AvgIpc) is 4.09. The highest BCUT2D eigenvalue weighted by atomic mass is 35.5. The van der Waals surface area contributed by atoms with Crippen LogP contribution in [0.4, 0.5) is 11.4 Å². The molecule has 342 valence electrons. The van der Waals surface area contributed by atoms with Gasteiger partial charge in [-0.25, -0.2) is 9.59 Å². The molecule has 5 aromatic rings. The van der Waals surface area contributed by atoms with Gasteiger partial charge in [-0.2, -0.15) is 0 Å². The summed E-state index contributed by atoms with van der Waals surface area (Å²) in [6.45, 7) is 6.19. The zero-order chi connectivity index (χ0) is 47.1. The zero-order valence-corrected chi connectivity index (χ0v) is 40.5. The molecule has 1 heterocycles. The molecular weight excluding hydrogens is 996 g/mol. The SMILES string of the molecule is CC(C)(C)OC(=O)COc1cc(Cl)ccc1Cl.O=C(COc1cc(Cl)ccc1Cl)N1CCN(C2CC2)c2ccccc21.O=C(O)COc1cc(Cl)ccc1Cl.Oc1cc(Cl)ccc1Cl. The fourth-order valence-corrected chi connectivity index (χ4v) is 6.81. The summed E-state index contributed by atoms with van der Waals surface area (Å²) in [7, 11) is 0. The van der Waals surface area contributed by atoms with Crippen LogP contribution in [-0.4, -0.2) is 72.6 Å². The number of hydrogen-bond donors (Lipinski definition) is 2. The number of phenolic OH excluding ortho intramolecular Hbond substituents is 1. The van der Waals surface area contributed by atoms with Crippen LogP contribution in [0.3, 0.4) is 0 Å². The van der Waals surface area contributed by atoms with Gasteiger partial charge in [0.15, 0.2) is 19.8 Å². The molecule has 1 fully saturated rings. The summed E-state index contributed by atoms with van der Waals surface area (Å²) in [6, 6.07) is 27.6. The predicted octanol–water partition coefficient (Wildman–Crippen LogP) is 13.3. The van der Waals surface area contributed by atoms with E-state index in [0.29, 0.717) is 64.3 Å². The van der Waals surface area contributed by atoms with Crippen LogP contribution in [0.25, 0.3) is 0 Å². The number of aromatic hydroxyl groups is 1. The van der Waals surface area contributed by atoms with E-state index in [1.165, 1.54) is 25.0 Å². The second-order valence-electron chi connectivity index (χ2n) is 14.6. The second-order valence-corrected chi connectivity index (χ2v) is 18.0. The molecule has 19 heteroatoms. The van der Waals surface area contributed by atoms with Crippen molar-refractivity contribution in [3.63, 3.8) is 0 Å². The lowest BCUT2D eigenvalue weighted by Crippen LogP contribution is -2.46. The van der Waals surface area contributed by atoms with E-state index in [-0.39, 0.29) is 30.6 Å². The number of ether oxygens (including phenoxy) is 4. The summed E-state index contributed by atoms with van der Waals surface area (Å²) >= 11 is 46.0. The topological polar surface area (TPSA) is 135 Å². The van der Waals surface area contributed by atoms with Crippen LogP contribution in [0.15, 0.2) is 97.1 Å². The highest BCUT2D eigenvalue weighted by Crippen LogP contribution is 2.40. The number of carboxylic acids is 1. The third-order valence-electron chi connectivity index (χ3n) is 8.39. The number of fused-ring (bicyclic) bond motifs is 1. The van der Waals surface area contributed by atoms with Crippen molar-refractivity contribution in [2.45, 2.75) is 45.3 Å². The van der Waals surface area contributed by atoms with Crippen molar-refractivity contribution in [3.8, 4) is 23.0 Å². The number of nitrogens with zero attached hydrogens (tertiary/aromatic N) is 2.